The van der Waals surface area contributed by atoms with E-state index in [0.717, 1.165) is 63.3 Å². The first-order valence-electron chi connectivity index (χ1n) is 35.2. The summed E-state index contributed by atoms with van der Waals surface area (Å²) in [7, 11) is 0. The van der Waals surface area contributed by atoms with Gasteiger partial charge in [-0.3, -0.25) is 0 Å². The molecule has 476 valence electrons. The Balaban J connectivity index is 0.845. The molecule has 0 heterocycles. The fourth-order valence-corrected chi connectivity index (χ4v) is 17.9. The molecule has 0 saturated carbocycles. The molecule has 2 unspecified atom stereocenters. The standard InChI is InChI=1S/C98H74N2/c1-7-67-41-45-71(46-42-67)97(87-55-39-63(3)59-65(87)5)89-35-19-17-31-81(89)83-51-49-73(61-91(83)97)99(93-37-21-25-69-23-9-11-27-75(69)93)95-57-53-79(77-29-13-15-33-85(77)95)80-54-58-96(86-34-16-14-30-78(80)86)100(94-38-22-26-70-24-10-12-28-76(70)94)74-50-52-84-82-32-18-20-36-90(82)98(92(84)62-74,72-47-43-68(8-2)44-48-72)88-56-40-64(4)60-66(88)6/h7-43,45-47,49-62H,1-2,44,48H2,3-6H3. The molecule has 0 fully saturated rings. The molecular weight excluding hydrogens is 1210 g/mol. The Labute approximate surface area is 586 Å². The van der Waals surface area contributed by atoms with E-state index in [-0.39, 0.29) is 0 Å². The van der Waals surface area contributed by atoms with Gasteiger partial charge in [0.05, 0.1) is 33.6 Å². The van der Waals surface area contributed by atoms with Crippen molar-refractivity contribution in [3.05, 3.63) is 413 Å². The number of aryl methyl sites for hydroxylation is 4. The van der Waals surface area contributed by atoms with Crippen LogP contribution in [0.5, 0.6) is 0 Å². The highest BCUT2D eigenvalue weighted by Gasteiger charge is 2.50. The predicted molar refractivity (Wildman–Crippen MR) is 425 cm³/mol. The molecule has 3 aliphatic carbocycles. The van der Waals surface area contributed by atoms with E-state index >= 15 is 0 Å². The van der Waals surface area contributed by atoms with Crippen LogP contribution in [-0.4, -0.2) is 0 Å². The summed E-state index contributed by atoms with van der Waals surface area (Å²) in [5.41, 5.74) is 30.6. The van der Waals surface area contributed by atoms with E-state index in [2.05, 4.69) is 366 Å². The van der Waals surface area contributed by atoms with Crippen LogP contribution >= 0.6 is 0 Å². The highest BCUT2D eigenvalue weighted by molar-refractivity contribution is 6.15. The quantitative estimate of drug-likeness (QED) is 0.114. The predicted octanol–water partition coefficient (Wildman–Crippen LogP) is 26.3. The lowest BCUT2D eigenvalue weighted by molar-refractivity contribution is 0.683. The largest absolute Gasteiger partial charge is 0.309 e. The molecule has 2 atom stereocenters. The Bertz CT molecular complexity index is 5960. The Morgan fingerprint density at radius 3 is 1.21 bits per heavy atom. The number of hydrogen-bond donors (Lipinski definition) is 0. The third kappa shape index (κ3) is 9.17. The van der Waals surface area contributed by atoms with Crippen molar-refractivity contribution in [1.82, 2.24) is 0 Å². The van der Waals surface area contributed by atoms with Gasteiger partial charge < -0.3 is 9.80 Å². The lowest BCUT2D eigenvalue weighted by Gasteiger charge is -2.39. The van der Waals surface area contributed by atoms with Gasteiger partial charge in [0, 0.05) is 32.9 Å². The van der Waals surface area contributed by atoms with E-state index in [0.29, 0.717) is 0 Å². The van der Waals surface area contributed by atoms with Gasteiger partial charge in [-0.15, -0.1) is 0 Å². The van der Waals surface area contributed by atoms with Crippen molar-refractivity contribution in [1.29, 1.82) is 0 Å². The minimum absolute atomic E-state index is 0.550. The fraction of sp³-hybridized carbons (Fsp3) is 0.0816. The summed E-state index contributed by atoms with van der Waals surface area (Å²) in [6.45, 7) is 17.4. The monoisotopic (exact) mass is 1280 g/mol. The zero-order valence-electron chi connectivity index (χ0n) is 56.9. The molecule has 2 nitrogen and oxygen atoms in total. The van der Waals surface area contributed by atoms with Crippen molar-refractivity contribution in [3.8, 4) is 33.4 Å². The normalized spacial score (nSPS) is 15.8. The van der Waals surface area contributed by atoms with Crippen LogP contribution in [0, 0.1) is 27.7 Å². The number of fused-ring (bicyclic) bond motifs is 10. The average molecular weight is 1280 g/mol. The maximum absolute atomic E-state index is 4.22. The zero-order valence-corrected chi connectivity index (χ0v) is 56.9. The highest BCUT2D eigenvalue weighted by atomic mass is 15.2. The molecule has 2 heteroatoms. The van der Waals surface area contributed by atoms with Crippen molar-refractivity contribution in [3.63, 3.8) is 0 Å². The van der Waals surface area contributed by atoms with Crippen molar-refractivity contribution < 1.29 is 0 Å². The number of hydrogen-bond acceptors (Lipinski definition) is 2. The van der Waals surface area contributed by atoms with Gasteiger partial charge in [0.1, 0.15) is 0 Å². The highest BCUT2D eigenvalue weighted by Crippen LogP contribution is 2.62. The molecule has 0 N–H and O–H groups in total. The minimum atomic E-state index is -0.634. The molecule has 3 aliphatic rings. The van der Waals surface area contributed by atoms with Gasteiger partial charge in [-0.2, -0.15) is 0 Å². The number of rotatable bonds is 13. The summed E-state index contributed by atoms with van der Waals surface area (Å²) in [6, 6.07) is 115. The summed E-state index contributed by atoms with van der Waals surface area (Å²) < 4.78 is 0. The lowest BCUT2D eigenvalue weighted by Crippen LogP contribution is -2.31. The van der Waals surface area contributed by atoms with Gasteiger partial charge in [0.15, 0.2) is 0 Å². The first-order chi connectivity index (χ1) is 49.1. The molecule has 0 bridgehead atoms. The smallest absolute Gasteiger partial charge is 0.0716 e. The van der Waals surface area contributed by atoms with Gasteiger partial charge in [-0.05, 0) is 205 Å². The zero-order chi connectivity index (χ0) is 67.4. The Morgan fingerprint density at radius 2 is 0.720 bits per heavy atom. The number of anilines is 6. The fourth-order valence-electron chi connectivity index (χ4n) is 17.9. The number of allylic oxidation sites excluding steroid dienone is 5. The average Bonchev–Trinajstić information content (AvgIpc) is 1.52. The Hall–Kier alpha value is -12.1. The van der Waals surface area contributed by atoms with Crippen LogP contribution in [0.25, 0.3) is 82.5 Å². The molecule has 0 aromatic heterocycles. The van der Waals surface area contributed by atoms with Crippen LogP contribution in [0.15, 0.2) is 346 Å². The summed E-state index contributed by atoms with van der Waals surface area (Å²) >= 11 is 0. The van der Waals surface area contributed by atoms with Gasteiger partial charge in [-0.25, -0.2) is 0 Å². The van der Waals surface area contributed by atoms with Crippen molar-refractivity contribution in [2.75, 3.05) is 9.80 Å². The molecule has 100 heavy (non-hydrogen) atoms. The Kier molecular flexibility index (Phi) is 14.4. The second-order valence-electron chi connectivity index (χ2n) is 27.7. The van der Waals surface area contributed by atoms with Crippen LogP contribution in [-0.2, 0) is 10.8 Å². The van der Waals surface area contributed by atoms with E-state index in [1.54, 1.807) is 0 Å². The van der Waals surface area contributed by atoms with Crippen molar-refractivity contribution >= 4 is 83.3 Å². The second-order valence-corrected chi connectivity index (χ2v) is 27.7. The third-order valence-corrected chi connectivity index (χ3v) is 22.2. The molecule has 0 spiro atoms. The van der Waals surface area contributed by atoms with Crippen molar-refractivity contribution in [2.24, 2.45) is 0 Å². The molecule has 15 aromatic carbocycles. The molecule has 0 amide bonds. The molecule has 15 aromatic rings. The van der Waals surface area contributed by atoms with Crippen LogP contribution in [0.2, 0.25) is 0 Å². The van der Waals surface area contributed by atoms with Gasteiger partial charge in [0.2, 0.25) is 0 Å². The molecule has 0 aliphatic heterocycles. The first kappa shape index (κ1) is 60.3. The Morgan fingerprint density at radius 1 is 0.300 bits per heavy atom. The van der Waals surface area contributed by atoms with E-state index in [1.165, 1.54) is 138 Å². The molecule has 18 rings (SSSR count). The van der Waals surface area contributed by atoms with Gasteiger partial charge in [-0.1, -0.05) is 309 Å². The second kappa shape index (κ2) is 23.9. The maximum Gasteiger partial charge on any atom is 0.0716 e. The summed E-state index contributed by atoms with van der Waals surface area (Å²) in [5, 5.41) is 9.38. The molecule has 0 saturated heterocycles. The van der Waals surface area contributed by atoms with E-state index in [9.17, 15) is 0 Å². The summed E-state index contributed by atoms with van der Waals surface area (Å²) in [4.78, 5) is 5.09. The van der Waals surface area contributed by atoms with E-state index in [4.69, 9.17) is 0 Å². The van der Waals surface area contributed by atoms with Gasteiger partial charge in [0.25, 0.3) is 0 Å². The van der Waals surface area contributed by atoms with Crippen LogP contribution < -0.4 is 9.80 Å². The topological polar surface area (TPSA) is 6.48 Å². The number of nitrogens with zero attached hydrogens (tertiary/aromatic N) is 2. The molecular formula is C98H74N2. The van der Waals surface area contributed by atoms with E-state index < -0.39 is 10.8 Å². The van der Waals surface area contributed by atoms with Crippen molar-refractivity contribution in [2.45, 2.75) is 51.4 Å². The van der Waals surface area contributed by atoms with Crippen LogP contribution in [0.4, 0.5) is 34.1 Å². The molecule has 0 radical (unpaired) electrons. The van der Waals surface area contributed by atoms with E-state index in [1.807, 2.05) is 12.2 Å². The SMILES string of the molecule is C=CC1=CC=C(C2(c3ccc(C)cc3C)c3ccccc3-c3ccc(N(c4cccc5ccccc45)c4ccc(-c5ccc(N(c6ccc7c(c6)C(c6ccc(C=C)cc6)(c6ccc(C)cc6C)c6ccccc6-7)c6cccc7ccccc67)c6ccccc56)c5ccccc45)cc32)CC1. The third-order valence-electron chi connectivity index (χ3n) is 22.2. The lowest BCUT2D eigenvalue weighted by atomic mass is 9.64. The maximum atomic E-state index is 4.22. The van der Waals surface area contributed by atoms with Gasteiger partial charge >= 0.3 is 0 Å². The van der Waals surface area contributed by atoms with Crippen LogP contribution in [0.1, 0.15) is 79.6 Å². The van der Waals surface area contributed by atoms with Crippen LogP contribution in [0.3, 0.4) is 0 Å². The summed E-state index contributed by atoms with van der Waals surface area (Å²) in [6.07, 6.45) is 10.6. The minimum Gasteiger partial charge on any atom is -0.309 e. The first-order valence-corrected chi connectivity index (χ1v) is 35.2. The number of benzene rings is 15. The summed E-state index contributed by atoms with van der Waals surface area (Å²) in [5.74, 6) is 0.